The largest absolute Gasteiger partial charge is 0.545 e. The van der Waals surface area contributed by atoms with Crippen LogP contribution < -0.4 is 20.0 Å². The molecule has 1 aliphatic heterocycles. The van der Waals surface area contributed by atoms with E-state index in [1.165, 1.54) is 10.6 Å². The lowest BCUT2D eigenvalue weighted by Gasteiger charge is -2.25. The second kappa shape index (κ2) is 10.3. The molecule has 0 saturated carbocycles. The van der Waals surface area contributed by atoms with Crippen molar-refractivity contribution in [1.82, 2.24) is 4.57 Å². The van der Waals surface area contributed by atoms with Crippen molar-refractivity contribution >= 4 is 41.0 Å². The first kappa shape index (κ1) is 25.4. The Bertz CT molecular complexity index is 1800. The summed E-state index contributed by atoms with van der Waals surface area (Å²) in [5.74, 6) is -1.23. The average Bonchev–Trinajstić information content (AvgIpc) is 3.48. The third-order valence-corrected chi connectivity index (χ3v) is 7.36. The molecule has 0 unspecified atom stereocenters. The van der Waals surface area contributed by atoms with Gasteiger partial charge in [0.2, 0.25) is 0 Å². The van der Waals surface area contributed by atoms with Gasteiger partial charge in [-0.05, 0) is 37.6 Å². The van der Waals surface area contributed by atoms with Gasteiger partial charge in [0.1, 0.15) is 17.6 Å². The number of benzene rings is 2. The summed E-state index contributed by atoms with van der Waals surface area (Å²) in [4.78, 5) is 43.1. The van der Waals surface area contributed by atoms with E-state index in [0.29, 0.717) is 42.7 Å². The summed E-state index contributed by atoms with van der Waals surface area (Å²) >= 11 is 7.66. The summed E-state index contributed by atoms with van der Waals surface area (Å²) in [6.45, 7) is 3.56. The van der Waals surface area contributed by atoms with Crippen LogP contribution in [0, 0.1) is 0 Å². The summed E-state index contributed by atoms with van der Waals surface area (Å²) in [5.41, 5.74) is 1.20. The lowest BCUT2D eigenvalue weighted by molar-refractivity contribution is -0.255. The van der Waals surface area contributed by atoms with Crippen LogP contribution in [-0.2, 0) is 9.53 Å². The van der Waals surface area contributed by atoms with Gasteiger partial charge in [0, 0.05) is 22.2 Å². The molecule has 0 fully saturated rings. The van der Waals surface area contributed by atoms with Gasteiger partial charge in [-0.1, -0.05) is 65.4 Å². The molecule has 0 saturated heterocycles. The second-order valence-corrected chi connectivity index (χ2v) is 9.78. The predicted octanol–water partition coefficient (Wildman–Crippen LogP) is 3.08. The molecule has 2 aromatic heterocycles. The van der Waals surface area contributed by atoms with E-state index in [1.807, 2.05) is 0 Å². The van der Waals surface area contributed by atoms with Crippen LogP contribution in [0.1, 0.15) is 41.6 Å². The first-order valence-electron chi connectivity index (χ1n) is 11.6. The van der Waals surface area contributed by atoms with Crippen molar-refractivity contribution in [3.8, 4) is 11.3 Å². The van der Waals surface area contributed by atoms with Crippen molar-refractivity contribution in [3.63, 3.8) is 0 Å². The van der Waals surface area contributed by atoms with E-state index in [2.05, 4.69) is 4.99 Å². The number of esters is 1. The number of ether oxygens (including phenoxy) is 1. The number of furan rings is 1. The SMILES string of the molecule is CCOC(=O)C1=C(C)N=c2s/c(=C\c3ccc(-c4ccccc4C(=O)[O-])o3)c(=O)n2[C@@H]1c1ccccc1Cl. The molecule has 3 heterocycles. The van der Waals surface area contributed by atoms with Gasteiger partial charge in [-0.25, -0.2) is 9.79 Å². The zero-order chi connectivity index (χ0) is 27.0. The van der Waals surface area contributed by atoms with Crippen LogP contribution in [0.2, 0.25) is 5.02 Å². The quantitative estimate of drug-likeness (QED) is 0.343. The van der Waals surface area contributed by atoms with E-state index in [4.69, 9.17) is 20.8 Å². The first-order chi connectivity index (χ1) is 18.3. The van der Waals surface area contributed by atoms with E-state index in [9.17, 15) is 19.5 Å². The third-order valence-electron chi connectivity index (χ3n) is 6.03. The van der Waals surface area contributed by atoms with Gasteiger partial charge in [-0.15, -0.1) is 0 Å². The first-order valence-corrected chi connectivity index (χ1v) is 12.8. The molecule has 0 aliphatic carbocycles. The second-order valence-electron chi connectivity index (χ2n) is 8.36. The van der Waals surface area contributed by atoms with Crippen LogP contribution in [0.4, 0.5) is 0 Å². The minimum absolute atomic E-state index is 0.00511. The molecular weight excluding hydrogens is 528 g/mol. The van der Waals surface area contributed by atoms with Crippen LogP contribution in [-0.4, -0.2) is 23.1 Å². The van der Waals surface area contributed by atoms with Crippen molar-refractivity contribution in [2.75, 3.05) is 6.61 Å². The Labute approximate surface area is 225 Å². The van der Waals surface area contributed by atoms with E-state index < -0.39 is 18.0 Å². The molecule has 38 heavy (non-hydrogen) atoms. The maximum absolute atomic E-state index is 13.7. The van der Waals surface area contributed by atoms with Crippen LogP contribution >= 0.6 is 22.9 Å². The maximum Gasteiger partial charge on any atom is 0.338 e. The molecule has 0 spiro atoms. The molecule has 1 atom stereocenters. The smallest absolute Gasteiger partial charge is 0.338 e. The predicted molar refractivity (Wildman–Crippen MR) is 140 cm³/mol. The Morgan fingerprint density at radius 3 is 2.63 bits per heavy atom. The molecule has 8 nitrogen and oxygen atoms in total. The highest BCUT2D eigenvalue weighted by Gasteiger charge is 2.34. The van der Waals surface area contributed by atoms with E-state index in [1.54, 1.807) is 74.5 Å². The summed E-state index contributed by atoms with van der Waals surface area (Å²) in [5, 5.41) is 11.9. The number of thiazole rings is 1. The number of carboxylic acids is 1. The monoisotopic (exact) mass is 547 g/mol. The number of halogens is 1. The molecule has 192 valence electrons. The Morgan fingerprint density at radius 2 is 1.89 bits per heavy atom. The molecule has 2 aromatic carbocycles. The molecule has 0 radical (unpaired) electrons. The molecule has 0 amide bonds. The minimum atomic E-state index is -1.32. The average molecular weight is 548 g/mol. The Balaban J connectivity index is 1.65. The number of carbonyl (C=O) groups is 2. The molecule has 10 heteroatoms. The lowest BCUT2D eigenvalue weighted by Crippen LogP contribution is -2.40. The maximum atomic E-state index is 13.7. The van der Waals surface area contributed by atoms with E-state index in [-0.39, 0.29) is 23.3 Å². The number of aromatic carboxylic acids is 1. The normalized spacial score (nSPS) is 15.2. The van der Waals surface area contributed by atoms with Crippen LogP contribution in [0.5, 0.6) is 0 Å². The highest BCUT2D eigenvalue weighted by molar-refractivity contribution is 7.07. The third kappa shape index (κ3) is 4.51. The summed E-state index contributed by atoms with van der Waals surface area (Å²) in [7, 11) is 0. The number of allylic oxidation sites excluding steroid dienone is 1. The van der Waals surface area contributed by atoms with E-state index >= 15 is 0 Å². The van der Waals surface area contributed by atoms with Crippen molar-refractivity contribution < 1.29 is 23.8 Å². The topological polar surface area (TPSA) is 114 Å². The Kier molecular flexibility index (Phi) is 6.88. The number of fused-ring (bicyclic) bond motifs is 1. The van der Waals surface area contributed by atoms with Crippen molar-refractivity contribution in [2.45, 2.75) is 19.9 Å². The molecule has 5 rings (SSSR count). The van der Waals surface area contributed by atoms with Crippen molar-refractivity contribution in [1.29, 1.82) is 0 Å². The number of hydrogen-bond acceptors (Lipinski definition) is 8. The van der Waals surface area contributed by atoms with Crippen LogP contribution in [0.15, 0.2) is 86.1 Å². The van der Waals surface area contributed by atoms with Crippen molar-refractivity contribution in [2.24, 2.45) is 4.99 Å². The number of carboxylic acid groups (broad SMARTS) is 1. The molecule has 4 aromatic rings. The molecular formula is C28H20ClN2O6S-. The van der Waals surface area contributed by atoms with Gasteiger partial charge >= 0.3 is 5.97 Å². The van der Waals surface area contributed by atoms with Gasteiger partial charge in [0.25, 0.3) is 5.56 Å². The van der Waals surface area contributed by atoms with Crippen LogP contribution in [0.25, 0.3) is 17.4 Å². The van der Waals surface area contributed by atoms with Crippen molar-refractivity contribution in [3.05, 3.63) is 114 Å². The lowest BCUT2D eigenvalue weighted by atomic mass is 9.96. The molecule has 1 aliphatic rings. The van der Waals surface area contributed by atoms with Crippen LogP contribution in [0.3, 0.4) is 0 Å². The van der Waals surface area contributed by atoms with Gasteiger partial charge in [0.05, 0.1) is 28.4 Å². The van der Waals surface area contributed by atoms with Gasteiger partial charge in [-0.3, -0.25) is 9.36 Å². The highest BCUT2D eigenvalue weighted by atomic mass is 35.5. The minimum Gasteiger partial charge on any atom is -0.545 e. The highest BCUT2D eigenvalue weighted by Crippen LogP contribution is 2.34. The Hall–Kier alpha value is -4.21. The summed E-state index contributed by atoms with van der Waals surface area (Å²) in [6, 6.07) is 15.8. The zero-order valence-corrected chi connectivity index (χ0v) is 21.8. The van der Waals surface area contributed by atoms with Gasteiger partial charge in [-0.2, -0.15) is 0 Å². The standard InChI is InChI=1S/C28H21ClN2O6S/c1-3-36-27(35)23-15(2)30-28-31(24(23)19-10-6-7-11-20(19)29)25(32)22(38-28)14-16-12-13-21(37-16)17-8-4-5-9-18(17)26(33)34/h4-14,24H,3H2,1-2H3,(H,33,34)/p-1/b22-14-/t24-/m1/s1. The fourth-order valence-electron chi connectivity index (χ4n) is 4.36. The fraction of sp³-hybridized carbons (Fsp3) is 0.143. The number of carbonyl (C=O) groups excluding carboxylic acids is 2. The number of aromatic nitrogens is 1. The summed E-state index contributed by atoms with van der Waals surface area (Å²) < 4.78 is 12.9. The Morgan fingerprint density at radius 1 is 1.16 bits per heavy atom. The zero-order valence-electron chi connectivity index (χ0n) is 20.3. The number of hydrogen-bond donors (Lipinski definition) is 0. The molecule has 0 bridgehead atoms. The summed E-state index contributed by atoms with van der Waals surface area (Å²) in [6.07, 6.45) is 1.56. The van der Waals surface area contributed by atoms with Gasteiger partial charge < -0.3 is 19.1 Å². The van der Waals surface area contributed by atoms with Gasteiger partial charge in [0.15, 0.2) is 4.80 Å². The number of nitrogens with zero attached hydrogens (tertiary/aromatic N) is 2. The number of rotatable bonds is 6. The van der Waals surface area contributed by atoms with E-state index in [0.717, 1.165) is 11.3 Å². The molecule has 0 N–H and O–H groups in total. The fourth-order valence-corrected chi connectivity index (χ4v) is 5.63.